The SMILES string of the molecule is COc1ccc(C)c2sc(NC(=O)CCCS(=O)(=O)c3ccc(C)cc3)nc12. The number of amides is 1. The van der Waals surface area contributed by atoms with Gasteiger partial charge >= 0.3 is 0 Å². The fourth-order valence-electron chi connectivity index (χ4n) is 2.80. The molecule has 1 N–H and O–H groups in total. The minimum absolute atomic E-state index is 0.0732. The van der Waals surface area contributed by atoms with E-state index in [1.54, 1.807) is 31.4 Å². The fourth-order valence-corrected chi connectivity index (χ4v) is 5.07. The van der Waals surface area contributed by atoms with E-state index in [0.29, 0.717) is 16.4 Å². The van der Waals surface area contributed by atoms with Crippen LogP contribution in [-0.2, 0) is 14.6 Å². The van der Waals surface area contributed by atoms with Crippen LogP contribution in [-0.4, -0.2) is 32.2 Å². The maximum absolute atomic E-state index is 12.4. The number of hydrogen-bond donors (Lipinski definition) is 1. The number of nitrogens with one attached hydrogen (secondary N) is 1. The van der Waals surface area contributed by atoms with Gasteiger partial charge in [0.2, 0.25) is 5.91 Å². The van der Waals surface area contributed by atoms with Gasteiger partial charge in [-0.25, -0.2) is 13.4 Å². The van der Waals surface area contributed by atoms with Gasteiger partial charge in [0, 0.05) is 6.42 Å². The van der Waals surface area contributed by atoms with Crippen molar-refractivity contribution in [2.24, 2.45) is 0 Å². The number of carbonyl (C=O) groups is 1. The van der Waals surface area contributed by atoms with Crippen molar-refractivity contribution in [3.63, 3.8) is 0 Å². The zero-order valence-electron chi connectivity index (χ0n) is 16.0. The number of sulfone groups is 1. The van der Waals surface area contributed by atoms with Crippen LogP contribution in [0, 0.1) is 13.8 Å². The minimum Gasteiger partial charge on any atom is -0.494 e. The number of aromatic nitrogens is 1. The molecule has 3 aromatic rings. The number of aryl methyl sites for hydroxylation is 2. The molecule has 0 aliphatic carbocycles. The Morgan fingerprint density at radius 1 is 1.14 bits per heavy atom. The number of nitrogens with zero attached hydrogens (tertiary/aromatic N) is 1. The molecular weight excluding hydrogens is 396 g/mol. The van der Waals surface area contributed by atoms with Crippen LogP contribution in [0.2, 0.25) is 0 Å². The topological polar surface area (TPSA) is 85.4 Å². The summed E-state index contributed by atoms with van der Waals surface area (Å²) in [6.07, 6.45) is 0.354. The summed E-state index contributed by atoms with van der Waals surface area (Å²) in [5.41, 5.74) is 2.77. The third-order valence-corrected chi connectivity index (χ3v) is 7.29. The molecule has 6 nitrogen and oxygen atoms in total. The maximum Gasteiger partial charge on any atom is 0.226 e. The monoisotopic (exact) mass is 418 g/mol. The van der Waals surface area contributed by atoms with E-state index in [0.717, 1.165) is 15.8 Å². The largest absolute Gasteiger partial charge is 0.494 e. The van der Waals surface area contributed by atoms with Gasteiger partial charge in [-0.15, -0.1) is 0 Å². The smallest absolute Gasteiger partial charge is 0.226 e. The molecule has 8 heteroatoms. The van der Waals surface area contributed by atoms with Gasteiger partial charge in [0.05, 0.1) is 22.5 Å². The van der Waals surface area contributed by atoms with Crippen LogP contribution in [0.25, 0.3) is 10.2 Å². The summed E-state index contributed by atoms with van der Waals surface area (Å²) in [7, 11) is -1.81. The zero-order valence-corrected chi connectivity index (χ0v) is 17.6. The Morgan fingerprint density at radius 3 is 2.54 bits per heavy atom. The molecule has 0 aliphatic rings. The molecule has 148 valence electrons. The highest BCUT2D eigenvalue weighted by molar-refractivity contribution is 7.91. The van der Waals surface area contributed by atoms with Crippen molar-refractivity contribution in [2.75, 3.05) is 18.2 Å². The standard InChI is InChI=1S/C20H22N2O4S2/c1-13-6-9-15(10-7-13)28(24,25)12-4-5-17(23)21-20-22-18-16(26-3)11-8-14(2)19(18)27-20/h6-11H,4-5,12H2,1-3H3,(H,21,22,23). The number of thiazole rings is 1. The van der Waals surface area contributed by atoms with Crippen molar-refractivity contribution in [1.82, 2.24) is 4.98 Å². The van der Waals surface area contributed by atoms with Gasteiger partial charge < -0.3 is 10.1 Å². The maximum atomic E-state index is 12.4. The number of carbonyl (C=O) groups excluding carboxylic acids is 1. The number of rotatable bonds is 7. The number of hydrogen-bond acceptors (Lipinski definition) is 6. The zero-order chi connectivity index (χ0) is 20.3. The molecule has 1 heterocycles. The number of fused-ring (bicyclic) bond motifs is 1. The normalized spacial score (nSPS) is 11.5. The molecule has 0 fully saturated rings. The van der Waals surface area contributed by atoms with Gasteiger partial charge in [-0.2, -0.15) is 0 Å². The Labute approximate surface area is 168 Å². The van der Waals surface area contributed by atoms with Crippen molar-refractivity contribution in [3.05, 3.63) is 47.5 Å². The quantitative estimate of drug-likeness (QED) is 0.624. The molecule has 0 spiro atoms. The highest BCUT2D eigenvalue weighted by Crippen LogP contribution is 2.34. The van der Waals surface area contributed by atoms with Crippen LogP contribution in [0.1, 0.15) is 24.0 Å². The van der Waals surface area contributed by atoms with Crippen molar-refractivity contribution < 1.29 is 17.9 Å². The number of benzene rings is 2. The Kier molecular flexibility index (Phi) is 6.00. The Bertz CT molecular complexity index is 1100. The second-order valence-electron chi connectivity index (χ2n) is 6.57. The Balaban J connectivity index is 1.61. The lowest BCUT2D eigenvalue weighted by Crippen LogP contribution is -2.14. The molecule has 0 saturated carbocycles. The van der Waals surface area contributed by atoms with E-state index in [9.17, 15) is 13.2 Å². The summed E-state index contributed by atoms with van der Waals surface area (Å²) in [5, 5.41) is 3.24. The minimum atomic E-state index is -3.39. The van der Waals surface area contributed by atoms with Crippen molar-refractivity contribution in [2.45, 2.75) is 31.6 Å². The van der Waals surface area contributed by atoms with E-state index >= 15 is 0 Å². The van der Waals surface area contributed by atoms with Crippen LogP contribution in [0.5, 0.6) is 5.75 Å². The first-order valence-corrected chi connectivity index (χ1v) is 11.3. The van der Waals surface area contributed by atoms with E-state index in [1.165, 1.54) is 11.3 Å². The van der Waals surface area contributed by atoms with E-state index in [4.69, 9.17) is 4.74 Å². The number of anilines is 1. The molecular formula is C20H22N2O4S2. The lowest BCUT2D eigenvalue weighted by molar-refractivity contribution is -0.116. The van der Waals surface area contributed by atoms with Crippen LogP contribution in [0.3, 0.4) is 0 Å². The second-order valence-corrected chi connectivity index (χ2v) is 9.67. The molecule has 28 heavy (non-hydrogen) atoms. The molecule has 3 rings (SSSR count). The van der Waals surface area contributed by atoms with E-state index in [-0.39, 0.29) is 29.4 Å². The first-order valence-electron chi connectivity index (χ1n) is 8.83. The molecule has 2 aromatic carbocycles. The highest BCUT2D eigenvalue weighted by Gasteiger charge is 2.16. The molecule has 0 radical (unpaired) electrons. The molecule has 0 aliphatic heterocycles. The molecule has 1 amide bonds. The molecule has 0 atom stereocenters. The third-order valence-electron chi connectivity index (χ3n) is 4.37. The van der Waals surface area contributed by atoms with Crippen molar-refractivity contribution in [1.29, 1.82) is 0 Å². The van der Waals surface area contributed by atoms with Crippen molar-refractivity contribution >= 4 is 42.4 Å². The van der Waals surface area contributed by atoms with Gasteiger partial charge in [0.25, 0.3) is 0 Å². The molecule has 0 unspecified atom stereocenters. The van der Waals surface area contributed by atoms with Crippen LogP contribution in [0.15, 0.2) is 41.3 Å². The van der Waals surface area contributed by atoms with Crippen LogP contribution >= 0.6 is 11.3 Å². The summed E-state index contributed by atoms with van der Waals surface area (Å²) in [5.74, 6) is 0.326. The fraction of sp³-hybridized carbons (Fsp3) is 0.300. The van der Waals surface area contributed by atoms with Gasteiger partial charge in [-0.05, 0) is 44.0 Å². The van der Waals surface area contributed by atoms with E-state index in [1.807, 2.05) is 26.0 Å². The average molecular weight is 419 g/mol. The highest BCUT2D eigenvalue weighted by atomic mass is 32.2. The number of methoxy groups -OCH3 is 1. The average Bonchev–Trinajstić information content (AvgIpc) is 3.06. The second kappa shape index (κ2) is 8.28. The summed E-state index contributed by atoms with van der Waals surface area (Å²) in [6.45, 7) is 3.88. The molecule has 0 saturated heterocycles. The van der Waals surface area contributed by atoms with E-state index in [2.05, 4.69) is 10.3 Å². The third kappa shape index (κ3) is 4.51. The Morgan fingerprint density at radius 2 is 1.86 bits per heavy atom. The molecule has 0 bridgehead atoms. The summed E-state index contributed by atoms with van der Waals surface area (Å²) in [6, 6.07) is 10.5. The van der Waals surface area contributed by atoms with Gasteiger partial charge in [0.1, 0.15) is 11.3 Å². The lowest BCUT2D eigenvalue weighted by atomic mass is 10.2. The predicted molar refractivity (Wildman–Crippen MR) is 112 cm³/mol. The number of ether oxygens (including phenoxy) is 1. The predicted octanol–water partition coefficient (Wildman–Crippen LogP) is 4.11. The van der Waals surface area contributed by atoms with E-state index < -0.39 is 9.84 Å². The summed E-state index contributed by atoms with van der Waals surface area (Å²) >= 11 is 1.38. The van der Waals surface area contributed by atoms with Gasteiger partial charge in [0.15, 0.2) is 15.0 Å². The summed E-state index contributed by atoms with van der Waals surface area (Å²) < 4.78 is 31.0. The summed E-state index contributed by atoms with van der Waals surface area (Å²) in [4.78, 5) is 16.9. The van der Waals surface area contributed by atoms with Crippen LogP contribution < -0.4 is 10.1 Å². The van der Waals surface area contributed by atoms with Gasteiger partial charge in [-0.3, -0.25) is 4.79 Å². The van der Waals surface area contributed by atoms with Crippen LogP contribution in [0.4, 0.5) is 5.13 Å². The Hall–Kier alpha value is -2.45. The molecule has 1 aromatic heterocycles. The first-order chi connectivity index (χ1) is 13.3. The lowest BCUT2D eigenvalue weighted by Gasteiger charge is -2.05. The van der Waals surface area contributed by atoms with Gasteiger partial charge in [-0.1, -0.05) is 35.1 Å². The van der Waals surface area contributed by atoms with Crippen molar-refractivity contribution in [3.8, 4) is 5.75 Å². The first kappa shape index (κ1) is 20.3.